The number of rotatable bonds is 13. The summed E-state index contributed by atoms with van der Waals surface area (Å²) in [7, 11) is -1.10. The van der Waals surface area contributed by atoms with Crippen LogP contribution in [0.2, 0.25) is 5.02 Å². The molecule has 6 rings (SSSR count). The molecule has 0 saturated carbocycles. The molecule has 0 aliphatic heterocycles. The first-order valence-electron chi connectivity index (χ1n) is 15.9. The van der Waals surface area contributed by atoms with Crippen LogP contribution in [0, 0.1) is 11.3 Å². The van der Waals surface area contributed by atoms with Crippen molar-refractivity contribution in [2.75, 3.05) is 19.5 Å². The summed E-state index contributed by atoms with van der Waals surface area (Å²) >= 11 is 6.33. The summed E-state index contributed by atoms with van der Waals surface area (Å²) < 4.78 is 43.5. The fourth-order valence-electron chi connectivity index (χ4n) is 5.67. The Bertz CT molecular complexity index is 2270. The zero-order chi connectivity index (χ0) is 36.0. The first kappa shape index (κ1) is 35.2. The highest BCUT2D eigenvalue weighted by molar-refractivity contribution is 7.89. The average molecular weight is 720 g/mol. The van der Waals surface area contributed by atoms with Crippen LogP contribution in [0.5, 0.6) is 11.5 Å². The summed E-state index contributed by atoms with van der Waals surface area (Å²) in [6.07, 6.45) is 1.52. The van der Waals surface area contributed by atoms with Gasteiger partial charge in [-0.2, -0.15) is 14.7 Å². The van der Waals surface area contributed by atoms with E-state index < -0.39 is 10.0 Å². The molecule has 5 aromatic carbocycles. The highest BCUT2D eigenvalue weighted by Gasteiger charge is 2.29. The highest BCUT2D eigenvalue weighted by Crippen LogP contribution is 2.32. The lowest BCUT2D eigenvalue weighted by Crippen LogP contribution is -2.30. The number of nitrogens with one attached hydrogen (secondary N) is 1. The molecule has 0 aliphatic rings. The number of aromatic nitrogens is 2. The van der Waals surface area contributed by atoms with E-state index in [-0.39, 0.29) is 36.0 Å². The van der Waals surface area contributed by atoms with E-state index in [0.29, 0.717) is 45.1 Å². The van der Waals surface area contributed by atoms with Crippen molar-refractivity contribution in [2.45, 2.75) is 31.0 Å². The van der Waals surface area contributed by atoms with Crippen LogP contribution in [0.3, 0.4) is 0 Å². The number of fused-ring (bicyclic) bond motifs is 1. The molecule has 0 saturated heterocycles. The molecule has 0 unspecified atom stereocenters. The molecule has 0 aliphatic carbocycles. The summed E-state index contributed by atoms with van der Waals surface area (Å²) in [5, 5.41) is 17.6. The summed E-state index contributed by atoms with van der Waals surface area (Å²) in [6, 6.07) is 33.9. The molecule has 0 radical (unpaired) electrons. The third-order valence-electron chi connectivity index (χ3n) is 8.39. The number of benzene rings is 5. The van der Waals surface area contributed by atoms with Crippen molar-refractivity contribution >= 4 is 44.1 Å². The largest absolute Gasteiger partial charge is 0.497 e. The van der Waals surface area contributed by atoms with Crippen LogP contribution in [-0.4, -0.2) is 42.6 Å². The zero-order valence-corrected chi connectivity index (χ0v) is 29.5. The van der Waals surface area contributed by atoms with Crippen molar-refractivity contribution in [3.63, 3.8) is 0 Å². The molecule has 10 nitrogen and oxygen atoms in total. The van der Waals surface area contributed by atoms with Crippen molar-refractivity contribution in [1.82, 2.24) is 14.1 Å². The lowest BCUT2D eigenvalue weighted by molar-refractivity contribution is -0.115. The van der Waals surface area contributed by atoms with Gasteiger partial charge in [0.25, 0.3) is 0 Å². The number of anilines is 1. The van der Waals surface area contributed by atoms with E-state index in [1.165, 1.54) is 16.6 Å². The number of ether oxygens (including phenoxy) is 2. The molecule has 0 atom stereocenters. The molecule has 51 heavy (non-hydrogen) atoms. The maximum absolute atomic E-state index is 14.9. The smallest absolute Gasteiger partial charge is 0.244 e. The summed E-state index contributed by atoms with van der Waals surface area (Å²) in [5.41, 5.74) is 4.32. The first-order chi connectivity index (χ1) is 24.7. The zero-order valence-electron chi connectivity index (χ0n) is 27.9. The summed E-state index contributed by atoms with van der Waals surface area (Å²) in [4.78, 5) is 13.3. The van der Waals surface area contributed by atoms with Gasteiger partial charge in [-0.1, -0.05) is 66.2 Å². The Kier molecular flexibility index (Phi) is 10.7. The Morgan fingerprint density at radius 1 is 0.863 bits per heavy atom. The van der Waals surface area contributed by atoms with Crippen molar-refractivity contribution in [3.8, 4) is 17.6 Å². The highest BCUT2D eigenvalue weighted by atomic mass is 35.5. The molecule has 1 heterocycles. The van der Waals surface area contributed by atoms with Crippen molar-refractivity contribution in [1.29, 1.82) is 5.26 Å². The van der Waals surface area contributed by atoms with E-state index >= 15 is 0 Å². The van der Waals surface area contributed by atoms with E-state index in [4.69, 9.17) is 21.1 Å². The lowest BCUT2D eigenvalue weighted by Gasteiger charge is -2.24. The van der Waals surface area contributed by atoms with E-state index in [9.17, 15) is 18.5 Å². The molecule has 12 heteroatoms. The molecule has 0 fully saturated rings. The predicted octanol–water partition coefficient (Wildman–Crippen LogP) is 7.20. The first-order valence-corrected chi connectivity index (χ1v) is 17.8. The Morgan fingerprint density at radius 2 is 1.45 bits per heavy atom. The maximum Gasteiger partial charge on any atom is 0.244 e. The predicted molar refractivity (Wildman–Crippen MR) is 196 cm³/mol. The second-order valence-corrected chi connectivity index (χ2v) is 14.1. The van der Waals surface area contributed by atoms with E-state index in [1.807, 2.05) is 36.4 Å². The number of hydrogen-bond donors (Lipinski definition) is 1. The topological polar surface area (TPSA) is 127 Å². The fraction of sp³-hybridized carbons (Fsp3) is 0.154. The SMILES string of the molecule is COc1ccc(CN(Cc2ccc(OC)cc2)S(=O)(=O)c2cc(NC(=O)Cc3ccccc3Cl)cc3c2cnn3Cc2ccc(C#N)cc2)cc1. The van der Waals surface area contributed by atoms with Crippen LogP contribution in [0.25, 0.3) is 10.9 Å². The van der Waals surface area contributed by atoms with Crippen LogP contribution < -0.4 is 14.8 Å². The van der Waals surface area contributed by atoms with Gasteiger partial charge in [0.15, 0.2) is 0 Å². The number of sulfonamides is 1. The summed E-state index contributed by atoms with van der Waals surface area (Å²) in [6.45, 7) is 0.414. The summed E-state index contributed by atoms with van der Waals surface area (Å²) in [5.74, 6) is 0.942. The molecule has 258 valence electrons. The van der Waals surface area contributed by atoms with Gasteiger partial charge in [-0.15, -0.1) is 0 Å². The van der Waals surface area contributed by atoms with Crippen molar-refractivity contribution in [2.24, 2.45) is 0 Å². The number of nitrogens with zero attached hydrogens (tertiary/aromatic N) is 4. The third-order valence-corrected chi connectivity index (χ3v) is 10.6. The molecular weight excluding hydrogens is 686 g/mol. The van der Waals surface area contributed by atoms with Gasteiger partial charge < -0.3 is 14.8 Å². The number of hydrogen-bond acceptors (Lipinski definition) is 7. The van der Waals surface area contributed by atoms with Gasteiger partial charge in [0.2, 0.25) is 15.9 Å². The molecular formula is C39H34ClN5O5S. The van der Waals surface area contributed by atoms with Crippen molar-refractivity contribution in [3.05, 3.63) is 148 Å². The number of carbonyl (C=O) groups is 1. The van der Waals surface area contributed by atoms with Gasteiger partial charge in [-0.3, -0.25) is 9.48 Å². The molecule has 0 bridgehead atoms. The number of nitriles is 1. The van der Waals surface area contributed by atoms with E-state index in [0.717, 1.165) is 16.7 Å². The third kappa shape index (κ3) is 8.22. The minimum atomic E-state index is -4.24. The van der Waals surface area contributed by atoms with Gasteiger partial charge in [-0.05, 0) is 76.9 Å². The Hall–Kier alpha value is -5.67. The van der Waals surface area contributed by atoms with Gasteiger partial charge >= 0.3 is 0 Å². The molecule has 1 N–H and O–H groups in total. The second kappa shape index (κ2) is 15.5. The standard InChI is InChI=1S/C39H34ClN5O5S/c1-49-33-15-11-28(12-16-33)24-44(25-29-13-17-34(50-2)18-14-29)51(47,48)38-21-32(43-39(46)19-31-5-3-4-6-36(31)40)20-37-35(38)23-42-45(37)26-30-9-7-27(22-41)8-10-30/h3-18,20-21,23H,19,24-26H2,1-2H3,(H,43,46). The number of carbonyl (C=O) groups excluding carboxylic acids is 1. The van der Waals surface area contributed by atoms with Gasteiger partial charge in [-0.25, -0.2) is 8.42 Å². The van der Waals surface area contributed by atoms with Crippen LogP contribution in [0.4, 0.5) is 5.69 Å². The van der Waals surface area contributed by atoms with Crippen molar-refractivity contribution < 1.29 is 22.7 Å². The minimum absolute atomic E-state index is 0.00857. The van der Waals surface area contributed by atoms with Crippen LogP contribution in [0.15, 0.2) is 120 Å². The molecule has 0 spiro atoms. The molecule has 1 aromatic heterocycles. The minimum Gasteiger partial charge on any atom is -0.497 e. The fourth-order valence-corrected chi connectivity index (χ4v) is 7.50. The maximum atomic E-state index is 14.9. The van der Waals surface area contributed by atoms with Gasteiger partial charge in [0.05, 0.1) is 55.4 Å². The van der Waals surface area contributed by atoms with Crippen LogP contribution in [-0.2, 0) is 40.9 Å². The van der Waals surface area contributed by atoms with Crippen LogP contribution in [0.1, 0.15) is 27.8 Å². The normalized spacial score (nSPS) is 11.4. The number of halogens is 1. The quantitative estimate of drug-likeness (QED) is 0.134. The number of amides is 1. The molecule has 6 aromatic rings. The molecule has 1 amide bonds. The lowest BCUT2D eigenvalue weighted by atomic mass is 10.1. The Balaban J connectivity index is 1.43. The van der Waals surface area contributed by atoms with E-state index in [1.54, 1.807) is 85.6 Å². The monoisotopic (exact) mass is 719 g/mol. The Morgan fingerprint density at radius 3 is 2.02 bits per heavy atom. The van der Waals surface area contributed by atoms with Crippen LogP contribution >= 0.6 is 11.6 Å². The second-order valence-electron chi connectivity index (χ2n) is 11.8. The average Bonchev–Trinajstić information content (AvgIpc) is 3.54. The van der Waals surface area contributed by atoms with Gasteiger partial charge in [0, 0.05) is 29.2 Å². The number of methoxy groups -OCH3 is 2. The Labute approximate surface area is 301 Å². The van der Waals surface area contributed by atoms with Gasteiger partial charge in [0.1, 0.15) is 11.5 Å². The van der Waals surface area contributed by atoms with E-state index in [2.05, 4.69) is 16.5 Å².